The lowest BCUT2D eigenvalue weighted by atomic mass is 10.2. The fourth-order valence-electron chi connectivity index (χ4n) is 2.26. The van der Waals surface area contributed by atoms with Crippen LogP contribution in [0.1, 0.15) is 15.9 Å². The van der Waals surface area contributed by atoms with Crippen LogP contribution in [0.25, 0.3) is 6.08 Å². The summed E-state index contributed by atoms with van der Waals surface area (Å²) >= 11 is 12.2. The molecule has 0 bridgehead atoms. The number of methoxy groups -OCH3 is 1. The predicted molar refractivity (Wildman–Crippen MR) is 107 cm³/mol. The van der Waals surface area contributed by atoms with Crippen molar-refractivity contribution in [2.75, 3.05) is 7.11 Å². The van der Waals surface area contributed by atoms with Crippen molar-refractivity contribution < 1.29 is 14.3 Å². The molecule has 0 radical (unpaired) electrons. The molecular formula is C18H13ClN2O3S2. The highest BCUT2D eigenvalue weighted by Gasteiger charge is 2.34. The van der Waals surface area contributed by atoms with E-state index in [1.165, 1.54) is 0 Å². The molecule has 1 saturated heterocycles. The first-order chi connectivity index (χ1) is 12.5. The zero-order valence-corrected chi connectivity index (χ0v) is 16.0. The van der Waals surface area contributed by atoms with E-state index in [9.17, 15) is 9.59 Å². The molecule has 0 saturated carbocycles. The first-order valence-corrected chi connectivity index (χ1v) is 9.07. The summed E-state index contributed by atoms with van der Waals surface area (Å²) in [6, 6.07) is 13.7. The number of carbonyl (C=O) groups is 2. The van der Waals surface area contributed by atoms with E-state index < -0.39 is 11.8 Å². The third-order valence-corrected chi connectivity index (χ3v) is 5.09. The van der Waals surface area contributed by atoms with E-state index in [0.717, 1.165) is 22.3 Å². The molecule has 2 aromatic rings. The number of ether oxygens (including phenoxy) is 1. The second-order valence-electron chi connectivity index (χ2n) is 5.21. The number of thioether (sulfide) groups is 1. The van der Waals surface area contributed by atoms with Crippen molar-refractivity contribution in [1.82, 2.24) is 10.4 Å². The summed E-state index contributed by atoms with van der Waals surface area (Å²) in [6.07, 6.45) is 1.69. The van der Waals surface area contributed by atoms with Gasteiger partial charge in [0.15, 0.2) is 4.32 Å². The maximum absolute atomic E-state index is 12.6. The minimum atomic E-state index is -0.448. The highest BCUT2D eigenvalue weighted by Crippen LogP contribution is 2.33. The van der Waals surface area contributed by atoms with Gasteiger partial charge in [0, 0.05) is 16.1 Å². The van der Waals surface area contributed by atoms with E-state index in [1.807, 2.05) is 18.2 Å². The molecule has 2 amide bonds. The second kappa shape index (κ2) is 7.90. The Hall–Kier alpha value is -2.35. The Labute approximate surface area is 164 Å². The van der Waals surface area contributed by atoms with Crippen molar-refractivity contribution in [3.05, 3.63) is 69.6 Å². The molecule has 26 heavy (non-hydrogen) atoms. The van der Waals surface area contributed by atoms with Gasteiger partial charge in [-0.1, -0.05) is 41.6 Å². The number of nitrogens with zero attached hydrogens (tertiary/aromatic N) is 1. The van der Waals surface area contributed by atoms with Crippen LogP contribution in [0.2, 0.25) is 5.02 Å². The fraction of sp³-hybridized carbons (Fsp3) is 0.0556. The minimum Gasteiger partial charge on any atom is -0.496 e. The summed E-state index contributed by atoms with van der Waals surface area (Å²) in [5, 5.41) is 1.59. The van der Waals surface area contributed by atoms with Crippen LogP contribution in [-0.4, -0.2) is 28.3 Å². The van der Waals surface area contributed by atoms with Gasteiger partial charge in [0.25, 0.3) is 11.8 Å². The number of benzene rings is 2. The van der Waals surface area contributed by atoms with Gasteiger partial charge in [-0.15, -0.1) is 0 Å². The molecule has 0 atom stereocenters. The number of amides is 2. The number of para-hydroxylation sites is 1. The summed E-state index contributed by atoms with van der Waals surface area (Å²) in [5.74, 6) is -0.201. The van der Waals surface area contributed by atoms with Crippen LogP contribution >= 0.6 is 35.6 Å². The Bertz CT molecular complexity index is 913. The Balaban J connectivity index is 1.79. The van der Waals surface area contributed by atoms with Crippen LogP contribution in [0, 0.1) is 0 Å². The minimum absolute atomic E-state index is 0.249. The lowest BCUT2D eigenvalue weighted by Crippen LogP contribution is -2.44. The lowest BCUT2D eigenvalue weighted by Gasteiger charge is -2.15. The monoisotopic (exact) mass is 404 g/mol. The van der Waals surface area contributed by atoms with Gasteiger partial charge < -0.3 is 4.74 Å². The van der Waals surface area contributed by atoms with Gasteiger partial charge in [-0.05, 0) is 48.6 Å². The van der Waals surface area contributed by atoms with Crippen LogP contribution in [0.3, 0.4) is 0 Å². The predicted octanol–water partition coefficient (Wildman–Crippen LogP) is 3.89. The molecule has 1 aliphatic heterocycles. The summed E-state index contributed by atoms with van der Waals surface area (Å²) in [4.78, 5) is 25.3. The maximum Gasteiger partial charge on any atom is 0.285 e. The Morgan fingerprint density at radius 3 is 2.62 bits per heavy atom. The number of carbonyl (C=O) groups excluding carboxylic acids is 2. The van der Waals surface area contributed by atoms with Crippen LogP contribution < -0.4 is 10.2 Å². The lowest BCUT2D eigenvalue weighted by molar-refractivity contribution is -0.123. The van der Waals surface area contributed by atoms with Crippen molar-refractivity contribution in [1.29, 1.82) is 0 Å². The molecule has 3 rings (SSSR count). The molecule has 8 heteroatoms. The Kier molecular flexibility index (Phi) is 5.61. The first kappa shape index (κ1) is 18.4. The number of nitrogens with one attached hydrogen (secondary N) is 1. The standard InChI is InChI=1S/C18H13ClN2O3S2/c1-24-14-5-3-2-4-12(14)10-15-17(23)21(18(25)26-15)20-16(22)11-6-8-13(19)9-7-11/h2-10H,1H3,(H,20,22)/b15-10+. The number of hydrogen-bond donors (Lipinski definition) is 1. The van der Waals surface area contributed by atoms with Gasteiger partial charge >= 0.3 is 0 Å². The average Bonchev–Trinajstić information content (AvgIpc) is 2.90. The van der Waals surface area contributed by atoms with E-state index in [0.29, 0.717) is 21.2 Å². The largest absolute Gasteiger partial charge is 0.496 e. The molecule has 0 unspecified atom stereocenters. The van der Waals surface area contributed by atoms with Crippen LogP contribution in [-0.2, 0) is 4.79 Å². The van der Waals surface area contributed by atoms with Gasteiger partial charge in [0.1, 0.15) is 5.75 Å². The quantitative estimate of drug-likeness (QED) is 0.618. The van der Waals surface area contributed by atoms with Crippen molar-refractivity contribution in [3.8, 4) is 5.75 Å². The van der Waals surface area contributed by atoms with Gasteiger partial charge in [-0.3, -0.25) is 15.0 Å². The molecule has 0 spiro atoms. The molecule has 1 N–H and O–H groups in total. The zero-order chi connectivity index (χ0) is 18.7. The number of thiocarbonyl (C=S) groups is 1. The van der Waals surface area contributed by atoms with E-state index >= 15 is 0 Å². The number of rotatable bonds is 4. The van der Waals surface area contributed by atoms with E-state index in [-0.39, 0.29) is 4.32 Å². The summed E-state index contributed by atoms with van der Waals surface area (Å²) in [6.45, 7) is 0. The first-order valence-electron chi connectivity index (χ1n) is 7.47. The third kappa shape index (κ3) is 3.90. The van der Waals surface area contributed by atoms with E-state index in [1.54, 1.807) is 43.5 Å². The van der Waals surface area contributed by atoms with E-state index in [4.69, 9.17) is 28.6 Å². The highest BCUT2D eigenvalue weighted by molar-refractivity contribution is 8.26. The fourth-order valence-corrected chi connectivity index (χ4v) is 3.55. The van der Waals surface area contributed by atoms with Crippen molar-refractivity contribution >= 4 is 57.8 Å². The smallest absolute Gasteiger partial charge is 0.285 e. The van der Waals surface area contributed by atoms with E-state index in [2.05, 4.69) is 5.43 Å². The molecular weight excluding hydrogens is 392 g/mol. The van der Waals surface area contributed by atoms with Crippen LogP contribution in [0.4, 0.5) is 0 Å². The maximum atomic E-state index is 12.6. The summed E-state index contributed by atoms with van der Waals surface area (Å²) in [7, 11) is 1.56. The normalized spacial score (nSPS) is 15.5. The summed E-state index contributed by atoms with van der Waals surface area (Å²) in [5.41, 5.74) is 3.65. The molecule has 0 aliphatic carbocycles. The van der Waals surface area contributed by atoms with Crippen LogP contribution in [0.5, 0.6) is 5.75 Å². The average molecular weight is 405 g/mol. The zero-order valence-electron chi connectivity index (χ0n) is 13.6. The number of hydrogen-bond acceptors (Lipinski definition) is 5. The molecule has 1 heterocycles. The SMILES string of the molecule is COc1ccccc1/C=C1/SC(=S)N(NC(=O)c2ccc(Cl)cc2)C1=O. The highest BCUT2D eigenvalue weighted by atomic mass is 35.5. The molecule has 132 valence electrons. The Morgan fingerprint density at radius 2 is 1.92 bits per heavy atom. The van der Waals surface area contributed by atoms with Gasteiger partial charge in [-0.2, -0.15) is 5.01 Å². The number of halogens is 1. The van der Waals surface area contributed by atoms with Crippen molar-refractivity contribution in [2.24, 2.45) is 0 Å². The molecule has 0 aromatic heterocycles. The third-order valence-electron chi connectivity index (χ3n) is 3.54. The van der Waals surface area contributed by atoms with Gasteiger partial charge in [0.2, 0.25) is 0 Å². The number of hydrazine groups is 1. The van der Waals surface area contributed by atoms with Crippen molar-refractivity contribution in [2.45, 2.75) is 0 Å². The second-order valence-corrected chi connectivity index (χ2v) is 7.32. The molecule has 2 aromatic carbocycles. The van der Waals surface area contributed by atoms with Crippen LogP contribution in [0.15, 0.2) is 53.4 Å². The molecule has 1 aliphatic rings. The topological polar surface area (TPSA) is 58.6 Å². The van der Waals surface area contributed by atoms with Crippen molar-refractivity contribution in [3.63, 3.8) is 0 Å². The Morgan fingerprint density at radius 1 is 1.23 bits per heavy atom. The summed E-state index contributed by atoms with van der Waals surface area (Å²) < 4.78 is 5.53. The molecule has 5 nitrogen and oxygen atoms in total. The molecule has 1 fully saturated rings. The van der Waals surface area contributed by atoms with Gasteiger partial charge in [0.05, 0.1) is 12.0 Å². The van der Waals surface area contributed by atoms with Gasteiger partial charge in [-0.25, -0.2) is 0 Å².